The molecule has 1 aromatic heterocycles. The standard InChI is InChI=1S/C10H7FN2O2/c11-6-1-2-7-9(5-6)13-10(15)8(12-7)3-4-14/h1-2,4-5H,3H2,(H,13,15). The molecule has 0 fully saturated rings. The fourth-order valence-electron chi connectivity index (χ4n) is 1.31. The maximum atomic E-state index is 12.8. The molecule has 0 atom stereocenters. The van der Waals surface area contributed by atoms with Crippen LogP contribution in [-0.4, -0.2) is 16.3 Å². The van der Waals surface area contributed by atoms with E-state index in [4.69, 9.17) is 0 Å². The number of fused-ring (bicyclic) bond motifs is 1. The van der Waals surface area contributed by atoms with E-state index in [9.17, 15) is 14.0 Å². The van der Waals surface area contributed by atoms with Crippen LogP contribution in [0.4, 0.5) is 4.39 Å². The first-order valence-corrected chi connectivity index (χ1v) is 4.33. The Balaban J connectivity index is 2.70. The molecule has 76 valence electrons. The van der Waals surface area contributed by atoms with Crippen LogP contribution in [0, 0.1) is 5.82 Å². The predicted molar refractivity (Wildman–Crippen MR) is 52.1 cm³/mol. The molecule has 0 saturated carbocycles. The number of nitrogens with one attached hydrogen (secondary N) is 1. The molecule has 2 rings (SSSR count). The number of hydrogen-bond donors (Lipinski definition) is 1. The van der Waals surface area contributed by atoms with E-state index in [2.05, 4.69) is 9.97 Å². The highest BCUT2D eigenvalue weighted by Crippen LogP contribution is 2.09. The molecule has 0 aliphatic heterocycles. The van der Waals surface area contributed by atoms with Crippen LogP contribution in [0.2, 0.25) is 0 Å². The number of halogens is 1. The van der Waals surface area contributed by atoms with Gasteiger partial charge < -0.3 is 9.78 Å². The fourth-order valence-corrected chi connectivity index (χ4v) is 1.31. The maximum Gasteiger partial charge on any atom is 0.270 e. The third kappa shape index (κ3) is 1.76. The number of carbonyl (C=O) groups is 1. The lowest BCUT2D eigenvalue weighted by molar-refractivity contribution is -0.107. The Bertz CT molecular complexity index is 577. The molecule has 0 aliphatic rings. The van der Waals surface area contributed by atoms with Gasteiger partial charge in [-0.05, 0) is 18.2 Å². The lowest BCUT2D eigenvalue weighted by Gasteiger charge is -1.99. The molecule has 1 aromatic carbocycles. The van der Waals surface area contributed by atoms with Crippen LogP contribution in [0.3, 0.4) is 0 Å². The second kappa shape index (κ2) is 3.61. The van der Waals surface area contributed by atoms with Gasteiger partial charge >= 0.3 is 0 Å². The zero-order valence-electron chi connectivity index (χ0n) is 7.66. The summed E-state index contributed by atoms with van der Waals surface area (Å²) in [4.78, 5) is 28.0. The summed E-state index contributed by atoms with van der Waals surface area (Å²) in [6.45, 7) is 0. The van der Waals surface area contributed by atoms with Crippen LogP contribution in [0.15, 0.2) is 23.0 Å². The summed E-state index contributed by atoms with van der Waals surface area (Å²) in [7, 11) is 0. The van der Waals surface area contributed by atoms with Crippen LogP contribution in [0.25, 0.3) is 11.0 Å². The van der Waals surface area contributed by atoms with Crippen molar-refractivity contribution in [2.75, 3.05) is 0 Å². The highest BCUT2D eigenvalue weighted by Gasteiger charge is 2.04. The molecule has 2 aromatic rings. The van der Waals surface area contributed by atoms with Crippen molar-refractivity contribution in [3.63, 3.8) is 0 Å². The Morgan fingerprint density at radius 3 is 3.00 bits per heavy atom. The van der Waals surface area contributed by atoms with Crippen molar-refractivity contribution < 1.29 is 9.18 Å². The van der Waals surface area contributed by atoms with Crippen molar-refractivity contribution >= 4 is 17.3 Å². The van der Waals surface area contributed by atoms with E-state index in [1.165, 1.54) is 18.2 Å². The number of H-pyrrole nitrogens is 1. The third-order valence-electron chi connectivity index (χ3n) is 2.00. The normalized spacial score (nSPS) is 10.5. The van der Waals surface area contributed by atoms with E-state index in [-0.39, 0.29) is 12.1 Å². The molecular weight excluding hydrogens is 199 g/mol. The molecule has 5 heteroatoms. The van der Waals surface area contributed by atoms with E-state index in [0.29, 0.717) is 17.3 Å². The van der Waals surface area contributed by atoms with Gasteiger partial charge in [-0.25, -0.2) is 9.37 Å². The zero-order chi connectivity index (χ0) is 10.8. The van der Waals surface area contributed by atoms with Crippen LogP contribution >= 0.6 is 0 Å². The second-order valence-corrected chi connectivity index (χ2v) is 3.04. The summed E-state index contributed by atoms with van der Waals surface area (Å²) < 4.78 is 12.8. The molecule has 15 heavy (non-hydrogen) atoms. The van der Waals surface area contributed by atoms with Crippen LogP contribution in [0.5, 0.6) is 0 Å². The van der Waals surface area contributed by atoms with E-state index in [1.807, 2.05) is 0 Å². The zero-order valence-corrected chi connectivity index (χ0v) is 7.66. The number of aromatic nitrogens is 2. The van der Waals surface area contributed by atoms with Gasteiger partial charge in [0.15, 0.2) is 0 Å². The second-order valence-electron chi connectivity index (χ2n) is 3.04. The number of carbonyl (C=O) groups excluding carboxylic acids is 1. The average Bonchev–Trinajstić information content (AvgIpc) is 2.20. The lowest BCUT2D eigenvalue weighted by atomic mass is 10.2. The van der Waals surface area contributed by atoms with Gasteiger partial charge in [0.2, 0.25) is 0 Å². The van der Waals surface area contributed by atoms with E-state index < -0.39 is 11.4 Å². The van der Waals surface area contributed by atoms with Gasteiger partial charge in [0.1, 0.15) is 17.8 Å². The Morgan fingerprint density at radius 2 is 2.27 bits per heavy atom. The molecule has 0 amide bonds. The monoisotopic (exact) mass is 206 g/mol. The molecule has 4 nitrogen and oxygen atoms in total. The summed E-state index contributed by atoms with van der Waals surface area (Å²) in [6.07, 6.45) is 0.565. The van der Waals surface area contributed by atoms with Gasteiger partial charge in [-0.2, -0.15) is 0 Å². The Hall–Kier alpha value is -2.04. The molecule has 0 aliphatic carbocycles. The fraction of sp³-hybridized carbons (Fsp3) is 0.100. The van der Waals surface area contributed by atoms with Gasteiger partial charge in [0.25, 0.3) is 5.56 Å². The summed E-state index contributed by atoms with van der Waals surface area (Å²) in [6, 6.07) is 3.89. The largest absolute Gasteiger partial charge is 0.319 e. The third-order valence-corrected chi connectivity index (χ3v) is 2.00. The quantitative estimate of drug-likeness (QED) is 0.739. The number of rotatable bonds is 2. The van der Waals surface area contributed by atoms with E-state index >= 15 is 0 Å². The van der Waals surface area contributed by atoms with Gasteiger partial charge in [-0.15, -0.1) is 0 Å². The van der Waals surface area contributed by atoms with Crippen LogP contribution in [0.1, 0.15) is 5.69 Å². The maximum absolute atomic E-state index is 12.8. The van der Waals surface area contributed by atoms with Crippen molar-refractivity contribution in [1.82, 2.24) is 9.97 Å². The molecule has 1 heterocycles. The van der Waals surface area contributed by atoms with Crippen molar-refractivity contribution in [1.29, 1.82) is 0 Å². The van der Waals surface area contributed by atoms with Crippen molar-refractivity contribution in [2.24, 2.45) is 0 Å². The number of nitrogens with zero attached hydrogens (tertiary/aromatic N) is 1. The van der Waals surface area contributed by atoms with Crippen molar-refractivity contribution in [3.8, 4) is 0 Å². The summed E-state index contributed by atoms with van der Waals surface area (Å²) in [5.74, 6) is -0.442. The summed E-state index contributed by atoms with van der Waals surface area (Å²) >= 11 is 0. The number of aromatic amines is 1. The molecule has 1 N–H and O–H groups in total. The summed E-state index contributed by atoms with van der Waals surface area (Å²) in [5.41, 5.74) is 0.479. The molecule has 0 saturated heterocycles. The molecule has 0 bridgehead atoms. The molecule has 0 spiro atoms. The van der Waals surface area contributed by atoms with Crippen LogP contribution < -0.4 is 5.56 Å². The smallest absolute Gasteiger partial charge is 0.270 e. The highest BCUT2D eigenvalue weighted by molar-refractivity contribution is 5.74. The lowest BCUT2D eigenvalue weighted by Crippen LogP contribution is -2.15. The first-order valence-electron chi connectivity index (χ1n) is 4.33. The number of aldehydes is 1. The molecule has 0 unspecified atom stereocenters. The Kier molecular flexibility index (Phi) is 2.29. The van der Waals surface area contributed by atoms with Gasteiger partial charge in [0.05, 0.1) is 17.5 Å². The minimum atomic E-state index is -0.458. The topological polar surface area (TPSA) is 62.8 Å². The SMILES string of the molecule is O=CCc1nc2ccc(F)cc2[nH]c1=O. The minimum Gasteiger partial charge on any atom is -0.319 e. The van der Waals surface area contributed by atoms with Crippen molar-refractivity contribution in [3.05, 3.63) is 40.1 Å². The first-order chi connectivity index (χ1) is 7.20. The highest BCUT2D eigenvalue weighted by atomic mass is 19.1. The van der Waals surface area contributed by atoms with Gasteiger partial charge in [-0.1, -0.05) is 0 Å². The van der Waals surface area contributed by atoms with E-state index in [1.54, 1.807) is 0 Å². The van der Waals surface area contributed by atoms with Gasteiger partial charge in [0, 0.05) is 0 Å². The minimum absolute atomic E-state index is 0.0390. The van der Waals surface area contributed by atoms with Crippen molar-refractivity contribution in [2.45, 2.75) is 6.42 Å². The molecule has 0 radical (unpaired) electrons. The Morgan fingerprint density at radius 1 is 1.47 bits per heavy atom. The number of hydrogen-bond acceptors (Lipinski definition) is 3. The van der Waals surface area contributed by atoms with E-state index in [0.717, 1.165) is 0 Å². The number of benzene rings is 1. The van der Waals surface area contributed by atoms with Gasteiger partial charge in [-0.3, -0.25) is 4.79 Å². The average molecular weight is 206 g/mol. The summed E-state index contributed by atoms with van der Waals surface area (Å²) in [5, 5.41) is 0. The van der Waals surface area contributed by atoms with Crippen LogP contribution in [-0.2, 0) is 11.2 Å². The first kappa shape index (κ1) is 9.51. The molecular formula is C10H7FN2O2. The Labute approximate surface area is 83.8 Å². The predicted octanol–water partition coefficient (Wildman–Crippen LogP) is 0.804.